The quantitative estimate of drug-likeness (QED) is 0.615. The van der Waals surface area contributed by atoms with Crippen molar-refractivity contribution in [3.8, 4) is 0 Å². The molecule has 2 nitrogen and oxygen atoms in total. The second-order valence-electron chi connectivity index (χ2n) is 4.38. The molecule has 0 saturated carbocycles. The van der Waals surface area contributed by atoms with Gasteiger partial charge in [0.25, 0.3) is 0 Å². The number of Topliss-reactive ketones (excluding diaryl/α,β-unsaturated/α-hetero) is 2. The van der Waals surface area contributed by atoms with Crippen molar-refractivity contribution in [1.29, 1.82) is 0 Å². The van der Waals surface area contributed by atoms with Crippen LogP contribution in [0.2, 0.25) is 0 Å². The highest BCUT2D eigenvalue weighted by molar-refractivity contribution is 6.01. The molecule has 0 rings (SSSR count). The van der Waals surface area contributed by atoms with E-state index in [9.17, 15) is 9.59 Å². The van der Waals surface area contributed by atoms with Gasteiger partial charge in [-0.1, -0.05) is 27.2 Å². The molecule has 2 heteroatoms. The molecular formula is C12H22O2. The van der Waals surface area contributed by atoms with Gasteiger partial charge >= 0.3 is 0 Å². The third-order valence-corrected chi connectivity index (χ3v) is 2.98. The van der Waals surface area contributed by atoms with Crippen molar-refractivity contribution in [2.45, 2.75) is 47.5 Å². The highest BCUT2D eigenvalue weighted by Gasteiger charge is 2.23. The summed E-state index contributed by atoms with van der Waals surface area (Å²) in [7, 11) is 0. The molecule has 0 aliphatic rings. The Balaban J connectivity index is 4.18. The van der Waals surface area contributed by atoms with Crippen LogP contribution < -0.4 is 0 Å². The van der Waals surface area contributed by atoms with Gasteiger partial charge in [0.1, 0.15) is 11.6 Å². The van der Waals surface area contributed by atoms with Gasteiger partial charge in [-0.2, -0.15) is 0 Å². The largest absolute Gasteiger partial charge is 0.299 e. The van der Waals surface area contributed by atoms with E-state index < -0.39 is 5.92 Å². The first-order valence-electron chi connectivity index (χ1n) is 5.44. The van der Waals surface area contributed by atoms with Crippen molar-refractivity contribution in [3.63, 3.8) is 0 Å². The van der Waals surface area contributed by atoms with Crippen LogP contribution in [0.4, 0.5) is 0 Å². The maximum absolute atomic E-state index is 11.7. The number of rotatable bonds is 6. The van der Waals surface area contributed by atoms with Gasteiger partial charge < -0.3 is 0 Å². The smallest absolute Gasteiger partial charge is 0.145 e. The van der Waals surface area contributed by atoms with E-state index in [1.165, 1.54) is 6.92 Å². The van der Waals surface area contributed by atoms with Gasteiger partial charge in [-0.05, 0) is 26.2 Å². The molecule has 0 heterocycles. The average molecular weight is 198 g/mol. The van der Waals surface area contributed by atoms with E-state index in [4.69, 9.17) is 0 Å². The second kappa shape index (κ2) is 5.94. The molecule has 0 N–H and O–H groups in total. The van der Waals surface area contributed by atoms with Crippen LogP contribution in [0.1, 0.15) is 47.5 Å². The molecule has 0 aliphatic carbocycles. The summed E-state index contributed by atoms with van der Waals surface area (Å²) in [6.45, 7) is 9.38. The summed E-state index contributed by atoms with van der Waals surface area (Å²) in [5.74, 6) is 0.231. The topological polar surface area (TPSA) is 34.1 Å². The first-order valence-corrected chi connectivity index (χ1v) is 5.44. The summed E-state index contributed by atoms with van der Waals surface area (Å²) in [5, 5.41) is 0. The fourth-order valence-corrected chi connectivity index (χ4v) is 1.51. The summed E-state index contributed by atoms with van der Waals surface area (Å²) < 4.78 is 0. The molecule has 0 bridgehead atoms. The van der Waals surface area contributed by atoms with Crippen LogP contribution in [0.5, 0.6) is 0 Å². The predicted molar refractivity (Wildman–Crippen MR) is 58.1 cm³/mol. The Morgan fingerprint density at radius 1 is 1.14 bits per heavy atom. The lowest BCUT2D eigenvalue weighted by Crippen LogP contribution is -2.25. The number of carbonyl (C=O) groups excluding carboxylic acids is 2. The Labute approximate surface area is 87.1 Å². The minimum atomic E-state index is -0.422. The van der Waals surface area contributed by atoms with Gasteiger partial charge in [0.05, 0.1) is 5.92 Å². The third-order valence-electron chi connectivity index (χ3n) is 2.98. The normalized spacial score (nSPS) is 17.2. The first-order chi connectivity index (χ1) is 6.40. The van der Waals surface area contributed by atoms with E-state index in [1.807, 2.05) is 6.92 Å². The molecule has 0 fully saturated rings. The minimum absolute atomic E-state index is 0.0175. The van der Waals surface area contributed by atoms with Crippen LogP contribution in [-0.4, -0.2) is 11.6 Å². The molecule has 0 aromatic rings. The van der Waals surface area contributed by atoms with E-state index in [0.29, 0.717) is 5.92 Å². The summed E-state index contributed by atoms with van der Waals surface area (Å²) in [5.41, 5.74) is 0. The van der Waals surface area contributed by atoms with E-state index >= 15 is 0 Å². The van der Waals surface area contributed by atoms with Crippen molar-refractivity contribution >= 4 is 11.6 Å². The van der Waals surface area contributed by atoms with Crippen LogP contribution in [0.3, 0.4) is 0 Å². The van der Waals surface area contributed by atoms with Crippen molar-refractivity contribution in [2.24, 2.45) is 17.8 Å². The fraction of sp³-hybridized carbons (Fsp3) is 0.833. The molecule has 0 aliphatic heterocycles. The summed E-state index contributed by atoms with van der Waals surface area (Å²) in [4.78, 5) is 22.7. The van der Waals surface area contributed by atoms with Gasteiger partial charge in [-0.25, -0.2) is 0 Å². The molecule has 0 aromatic carbocycles. The van der Waals surface area contributed by atoms with Crippen molar-refractivity contribution < 1.29 is 9.59 Å². The number of hydrogen-bond donors (Lipinski definition) is 0. The number of carbonyl (C=O) groups is 2. The SMILES string of the molecule is CC[C@H](C)C[C@H](C)C(=O)[C@@H](C)C(C)=O. The average Bonchev–Trinajstić information content (AvgIpc) is 2.14. The Hall–Kier alpha value is -0.660. The van der Waals surface area contributed by atoms with Gasteiger partial charge in [0.15, 0.2) is 0 Å². The lowest BCUT2D eigenvalue weighted by Gasteiger charge is -2.17. The van der Waals surface area contributed by atoms with Crippen LogP contribution in [0.25, 0.3) is 0 Å². The van der Waals surface area contributed by atoms with Gasteiger partial charge in [0.2, 0.25) is 0 Å². The number of hydrogen-bond acceptors (Lipinski definition) is 2. The monoisotopic (exact) mass is 198 g/mol. The highest BCUT2D eigenvalue weighted by atomic mass is 16.1. The molecule has 0 unspecified atom stereocenters. The summed E-state index contributed by atoms with van der Waals surface area (Å²) in [6.07, 6.45) is 1.99. The molecule has 0 amide bonds. The van der Waals surface area contributed by atoms with E-state index in [0.717, 1.165) is 12.8 Å². The van der Waals surface area contributed by atoms with Crippen molar-refractivity contribution in [3.05, 3.63) is 0 Å². The van der Waals surface area contributed by atoms with Gasteiger partial charge in [-0.3, -0.25) is 9.59 Å². The zero-order valence-corrected chi connectivity index (χ0v) is 9.96. The lowest BCUT2D eigenvalue weighted by atomic mass is 9.86. The van der Waals surface area contributed by atoms with Crippen LogP contribution >= 0.6 is 0 Å². The summed E-state index contributed by atoms with van der Waals surface area (Å²) in [6, 6.07) is 0. The zero-order valence-electron chi connectivity index (χ0n) is 9.96. The standard InChI is InChI=1S/C12H22O2/c1-6-8(2)7-9(3)12(14)10(4)11(5)13/h8-10H,6-7H2,1-5H3/t8-,9-,10-/m0/s1. The predicted octanol–water partition coefficient (Wildman–Crippen LogP) is 2.85. The molecule has 0 saturated heterocycles. The molecule has 3 atom stereocenters. The van der Waals surface area contributed by atoms with E-state index in [-0.39, 0.29) is 17.5 Å². The zero-order chi connectivity index (χ0) is 11.3. The van der Waals surface area contributed by atoms with Crippen molar-refractivity contribution in [2.75, 3.05) is 0 Å². The summed E-state index contributed by atoms with van der Waals surface area (Å²) >= 11 is 0. The molecular weight excluding hydrogens is 176 g/mol. The van der Waals surface area contributed by atoms with E-state index in [1.54, 1.807) is 6.92 Å². The molecule has 82 valence electrons. The molecule has 0 radical (unpaired) electrons. The molecule has 0 spiro atoms. The fourth-order valence-electron chi connectivity index (χ4n) is 1.51. The maximum Gasteiger partial charge on any atom is 0.145 e. The first kappa shape index (κ1) is 13.3. The van der Waals surface area contributed by atoms with Gasteiger partial charge in [0, 0.05) is 5.92 Å². The van der Waals surface area contributed by atoms with Crippen LogP contribution in [0.15, 0.2) is 0 Å². The highest BCUT2D eigenvalue weighted by Crippen LogP contribution is 2.18. The second-order valence-corrected chi connectivity index (χ2v) is 4.38. The maximum atomic E-state index is 11.7. The number of ketones is 2. The minimum Gasteiger partial charge on any atom is -0.299 e. The Morgan fingerprint density at radius 2 is 1.64 bits per heavy atom. The molecule has 0 aromatic heterocycles. The lowest BCUT2D eigenvalue weighted by molar-refractivity contribution is -0.133. The van der Waals surface area contributed by atoms with Crippen LogP contribution in [0, 0.1) is 17.8 Å². The van der Waals surface area contributed by atoms with Crippen molar-refractivity contribution in [1.82, 2.24) is 0 Å². The van der Waals surface area contributed by atoms with Gasteiger partial charge in [-0.15, -0.1) is 0 Å². The van der Waals surface area contributed by atoms with Crippen LogP contribution in [-0.2, 0) is 9.59 Å². The molecule has 14 heavy (non-hydrogen) atoms. The Bertz CT molecular complexity index is 208. The Kier molecular flexibility index (Phi) is 5.66. The third kappa shape index (κ3) is 4.03. The Morgan fingerprint density at radius 3 is 2.00 bits per heavy atom. The van der Waals surface area contributed by atoms with E-state index in [2.05, 4.69) is 13.8 Å².